The Morgan fingerprint density at radius 1 is 1.53 bits per heavy atom. The maximum absolute atomic E-state index is 11.4. The second-order valence-corrected chi connectivity index (χ2v) is 4.93. The van der Waals surface area contributed by atoms with E-state index in [1.54, 1.807) is 20.1 Å². The summed E-state index contributed by atoms with van der Waals surface area (Å²) in [5, 5.41) is 0.649. The lowest BCUT2D eigenvalue weighted by molar-refractivity contribution is -0.125. The van der Waals surface area contributed by atoms with E-state index < -0.39 is 0 Å². The zero-order valence-corrected chi connectivity index (χ0v) is 10.7. The summed E-state index contributed by atoms with van der Waals surface area (Å²) in [6, 6.07) is 5.48. The van der Waals surface area contributed by atoms with Gasteiger partial charge in [-0.3, -0.25) is 4.79 Å². The van der Waals surface area contributed by atoms with E-state index in [1.807, 2.05) is 12.1 Å². The van der Waals surface area contributed by atoms with Crippen LogP contribution in [0.2, 0.25) is 5.02 Å². The number of methoxy groups -OCH3 is 1. The molecule has 1 fully saturated rings. The van der Waals surface area contributed by atoms with Gasteiger partial charge in [0, 0.05) is 17.0 Å². The van der Waals surface area contributed by atoms with Crippen molar-refractivity contribution in [2.45, 2.75) is 18.8 Å². The second-order valence-electron chi connectivity index (χ2n) is 4.50. The maximum Gasteiger partial charge on any atom is 0.130 e. The van der Waals surface area contributed by atoms with Gasteiger partial charge in [0.05, 0.1) is 25.7 Å². The molecular weight excluding hydrogens is 240 g/mol. The monoisotopic (exact) mass is 254 g/mol. The highest BCUT2D eigenvalue weighted by atomic mass is 35.5. The van der Waals surface area contributed by atoms with Crippen LogP contribution in [0.25, 0.3) is 0 Å². The molecule has 2 rings (SSSR count). The van der Waals surface area contributed by atoms with Crippen molar-refractivity contribution in [3.8, 4) is 5.75 Å². The van der Waals surface area contributed by atoms with E-state index in [4.69, 9.17) is 21.1 Å². The van der Waals surface area contributed by atoms with Gasteiger partial charge in [0.2, 0.25) is 0 Å². The third-order valence-electron chi connectivity index (χ3n) is 3.08. The first-order valence-corrected chi connectivity index (χ1v) is 5.86. The molecule has 0 saturated carbocycles. The van der Waals surface area contributed by atoms with E-state index in [-0.39, 0.29) is 11.2 Å². The smallest absolute Gasteiger partial charge is 0.130 e. The fourth-order valence-electron chi connectivity index (χ4n) is 2.27. The molecule has 0 spiro atoms. The number of carbonyl (C=O) groups is 1. The van der Waals surface area contributed by atoms with Crippen LogP contribution in [-0.2, 0) is 14.9 Å². The van der Waals surface area contributed by atoms with Crippen LogP contribution in [0, 0.1) is 0 Å². The topological polar surface area (TPSA) is 35.5 Å². The van der Waals surface area contributed by atoms with E-state index in [0.29, 0.717) is 24.7 Å². The fourth-order valence-corrected chi connectivity index (χ4v) is 2.44. The fraction of sp³-hybridized carbons (Fsp3) is 0.462. The molecule has 1 aromatic rings. The molecule has 0 aliphatic carbocycles. The van der Waals surface area contributed by atoms with Crippen molar-refractivity contribution in [2.75, 3.05) is 20.3 Å². The van der Waals surface area contributed by atoms with Crippen molar-refractivity contribution in [2.24, 2.45) is 0 Å². The highest BCUT2D eigenvalue weighted by Crippen LogP contribution is 2.41. The molecule has 0 amide bonds. The summed E-state index contributed by atoms with van der Waals surface area (Å²) in [7, 11) is 1.62. The lowest BCUT2D eigenvalue weighted by atomic mass is 9.74. The molecule has 1 saturated heterocycles. The highest BCUT2D eigenvalue weighted by Gasteiger charge is 2.43. The van der Waals surface area contributed by atoms with E-state index in [1.165, 1.54) is 0 Å². The van der Waals surface area contributed by atoms with Gasteiger partial charge in [-0.05, 0) is 25.1 Å². The molecule has 1 heterocycles. The first-order valence-electron chi connectivity index (χ1n) is 5.49. The maximum atomic E-state index is 11.4. The summed E-state index contributed by atoms with van der Waals surface area (Å²) < 4.78 is 10.6. The van der Waals surface area contributed by atoms with Gasteiger partial charge in [0.25, 0.3) is 0 Å². The normalized spacial score (nSPS) is 17.4. The molecule has 1 aliphatic heterocycles. The summed E-state index contributed by atoms with van der Waals surface area (Å²) in [5.41, 5.74) is 0.705. The lowest BCUT2D eigenvalue weighted by Crippen LogP contribution is -2.48. The van der Waals surface area contributed by atoms with Crippen LogP contribution < -0.4 is 4.74 Å². The number of ketones is 1. The van der Waals surface area contributed by atoms with Crippen molar-refractivity contribution in [1.82, 2.24) is 0 Å². The van der Waals surface area contributed by atoms with Crippen LogP contribution in [0.15, 0.2) is 18.2 Å². The molecule has 1 aromatic carbocycles. The lowest BCUT2D eigenvalue weighted by Gasteiger charge is -2.42. The van der Waals surface area contributed by atoms with Crippen LogP contribution in [0.3, 0.4) is 0 Å². The Bertz CT molecular complexity index is 438. The number of hydrogen-bond donors (Lipinski definition) is 0. The molecule has 0 bridgehead atoms. The van der Waals surface area contributed by atoms with Gasteiger partial charge in [-0.25, -0.2) is 0 Å². The van der Waals surface area contributed by atoms with Crippen molar-refractivity contribution < 1.29 is 14.3 Å². The summed E-state index contributed by atoms with van der Waals surface area (Å²) >= 11 is 6.02. The summed E-state index contributed by atoms with van der Waals surface area (Å²) in [4.78, 5) is 11.4. The number of Topliss-reactive ketones (excluding diaryl/α,β-unsaturated/α-hetero) is 1. The number of carbonyl (C=O) groups excluding carboxylic acids is 1. The Morgan fingerprint density at radius 2 is 2.24 bits per heavy atom. The van der Waals surface area contributed by atoms with Crippen LogP contribution in [0.5, 0.6) is 5.75 Å². The molecule has 0 aromatic heterocycles. The van der Waals surface area contributed by atoms with Gasteiger partial charge < -0.3 is 9.47 Å². The molecule has 17 heavy (non-hydrogen) atoms. The zero-order chi connectivity index (χ0) is 12.5. The van der Waals surface area contributed by atoms with Gasteiger partial charge in [-0.15, -0.1) is 0 Å². The number of halogens is 1. The van der Waals surface area contributed by atoms with Crippen molar-refractivity contribution in [3.63, 3.8) is 0 Å². The standard InChI is InChI=1S/C13H15ClO3/c1-9(15)6-13(7-17-8-13)11-5-10(14)3-4-12(11)16-2/h3-5H,6-8H2,1-2H3. The molecule has 92 valence electrons. The van der Waals surface area contributed by atoms with Crippen LogP contribution >= 0.6 is 11.6 Å². The molecular formula is C13H15ClO3. The predicted octanol–water partition coefficient (Wildman–Crippen LogP) is 2.60. The summed E-state index contributed by atoms with van der Waals surface area (Å²) in [5.74, 6) is 0.911. The van der Waals surface area contributed by atoms with Gasteiger partial charge in [0.1, 0.15) is 11.5 Å². The minimum Gasteiger partial charge on any atom is -0.496 e. The molecule has 4 heteroatoms. The zero-order valence-electron chi connectivity index (χ0n) is 9.96. The molecule has 0 N–H and O–H groups in total. The Kier molecular flexibility index (Phi) is 3.40. The first-order chi connectivity index (χ1) is 8.07. The average Bonchev–Trinajstić information content (AvgIpc) is 2.23. The minimum atomic E-state index is -0.262. The van der Waals surface area contributed by atoms with Crippen LogP contribution in [0.4, 0.5) is 0 Å². The Labute approximate surface area is 106 Å². The third-order valence-corrected chi connectivity index (χ3v) is 3.31. The molecule has 1 aliphatic rings. The number of hydrogen-bond acceptors (Lipinski definition) is 3. The SMILES string of the molecule is COc1ccc(Cl)cc1C1(CC(C)=O)COC1. The van der Waals surface area contributed by atoms with Crippen LogP contribution in [-0.4, -0.2) is 26.1 Å². The quantitative estimate of drug-likeness (QED) is 0.829. The van der Waals surface area contributed by atoms with E-state index in [0.717, 1.165) is 11.3 Å². The Hall–Kier alpha value is -1.06. The Morgan fingerprint density at radius 3 is 2.71 bits per heavy atom. The van der Waals surface area contributed by atoms with Gasteiger partial charge >= 0.3 is 0 Å². The second kappa shape index (κ2) is 4.67. The predicted molar refractivity (Wildman–Crippen MR) is 65.8 cm³/mol. The van der Waals surface area contributed by atoms with Gasteiger partial charge in [-0.2, -0.15) is 0 Å². The number of ether oxygens (including phenoxy) is 2. The van der Waals surface area contributed by atoms with Crippen molar-refractivity contribution in [1.29, 1.82) is 0 Å². The third kappa shape index (κ3) is 2.31. The molecule has 0 unspecified atom stereocenters. The molecule has 0 atom stereocenters. The van der Waals surface area contributed by atoms with E-state index >= 15 is 0 Å². The Balaban J connectivity index is 2.42. The van der Waals surface area contributed by atoms with Crippen molar-refractivity contribution in [3.05, 3.63) is 28.8 Å². The van der Waals surface area contributed by atoms with Gasteiger partial charge in [0.15, 0.2) is 0 Å². The molecule has 0 radical (unpaired) electrons. The minimum absolute atomic E-state index is 0.148. The average molecular weight is 255 g/mol. The van der Waals surface area contributed by atoms with E-state index in [2.05, 4.69) is 0 Å². The van der Waals surface area contributed by atoms with Crippen molar-refractivity contribution >= 4 is 17.4 Å². The van der Waals surface area contributed by atoms with Crippen LogP contribution in [0.1, 0.15) is 18.9 Å². The van der Waals surface area contributed by atoms with E-state index in [9.17, 15) is 4.79 Å². The summed E-state index contributed by atoms with van der Waals surface area (Å²) in [6.45, 7) is 2.68. The number of rotatable bonds is 4. The number of benzene rings is 1. The molecule has 3 nitrogen and oxygen atoms in total. The first kappa shape index (κ1) is 12.4. The van der Waals surface area contributed by atoms with Gasteiger partial charge in [-0.1, -0.05) is 11.6 Å². The largest absolute Gasteiger partial charge is 0.496 e. The highest BCUT2D eigenvalue weighted by molar-refractivity contribution is 6.30. The summed E-state index contributed by atoms with van der Waals surface area (Å²) in [6.07, 6.45) is 0.462.